The number of aromatic nitrogens is 4. The van der Waals surface area contributed by atoms with Crippen molar-refractivity contribution in [1.29, 1.82) is 0 Å². The molecule has 42 heavy (non-hydrogen) atoms. The van der Waals surface area contributed by atoms with Gasteiger partial charge in [-0.2, -0.15) is 9.97 Å². The minimum absolute atomic E-state index is 0.0279. The number of halogens is 2. The second kappa shape index (κ2) is 11.7. The Bertz CT molecular complexity index is 1580. The van der Waals surface area contributed by atoms with E-state index in [1.54, 1.807) is 24.3 Å². The predicted molar refractivity (Wildman–Crippen MR) is 147 cm³/mol. The third-order valence-corrected chi connectivity index (χ3v) is 7.79. The lowest BCUT2D eigenvalue weighted by atomic mass is 9.94. The van der Waals surface area contributed by atoms with E-state index in [9.17, 15) is 30.0 Å². The molecule has 0 radical (unpaired) electrons. The molecule has 1 unspecified atom stereocenters. The molecule has 0 aliphatic carbocycles. The van der Waals surface area contributed by atoms with Crippen molar-refractivity contribution in [3.05, 3.63) is 63.8 Å². The third kappa shape index (κ3) is 5.59. The Morgan fingerprint density at radius 1 is 1.24 bits per heavy atom. The van der Waals surface area contributed by atoms with E-state index in [4.69, 9.17) is 26.8 Å². The molecule has 0 amide bonds. The van der Waals surface area contributed by atoms with Gasteiger partial charge in [0, 0.05) is 12.1 Å². The molecule has 1 fully saturated rings. The van der Waals surface area contributed by atoms with Crippen LogP contribution in [0, 0.1) is 0 Å². The smallest absolute Gasteiger partial charge is 0.348 e. The summed E-state index contributed by atoms with van der Waals surface area (Å²) in [7, 11) is 0. The van der Waals surface area contributed by atoms with Crippen molar-refractivity contribution in [1.82, 2.24) is 19.5 Å². The quantitative estimate of drug-likeness (QED) is 0.0802. The molecule has 1 aliphatic rings. The molecule has 7 N–H and O–H groups in total. The SMILES string of the molecule is Nc1nc(Cl)nc2c1ncn2[C@@H]1O[C@H](COC(Cc2ccc(NC(O)c3cccs3)cc2)(C(=O)O)C(=O)O)[C@@H](O)[C@@H]1F. The Balaban J connectivity index is 1.31. The van der Waals surface area contributed by atoms with E-state index >= 15 is 4.39 Å². The first-order valence-corrected chi connectivity index (χ1v) is 13.6. The highest BCUT2D eigenvalue weighted by Crippen LogP contribution is 2.35. The Kier molecular flexibility index (Phi) is 8.27. The van der Waals surface area contributed by atoms with Gasteiger partial charge in [-0.1, -0.05) is 18.2 Å². The number of hydrogen-bond acceptors (Lipinski definition) is 12. The number of nitrogens with zero attached hydrogens (tertiary/aromatic N) is 4. The number of nitrogen functional groups attached to an aromatic ring is 1. The van der Waals surface area contributed by atoms with Crippen LogP contribution in [0.1, 0.15) is 22.9 Å². The predicted octanol–water partition coefficient (Wildman–Crippen LogP) is 1.99. The summed E-state index contributed by atoms with van der Waals surface area (Å²) < 4.78 is 27.3. The molecule has 5 atom stereocenters. The zero-order valence-electron chi connectivity index (χ0n) is 21.4. The summed E-state index contributed by atoms with van der Waals surface area (Å²) in [5.41, 5.74) is 3.91. The number of hydrogen-bond donors (Lipinski definition) is 6. The standard InChI is InChI=1S/C25H24ClFN6O8S/c26-24-31-18(28)16-19(32-24)33(10-29-16)21-15(27)17(34)13(41-21)9-40-25(22(36)37,23(38)39)8-11-3-5-12(6-4-11)30-20(35)14-2-1-7-42-14/h1-7,10,13,15,17,20-21,30,34-35H,8-9H2,(H,36,37)(H,38,39)(H2,28,31,32)/t13-,15+,17-,20?,21-/m1/s1. The van der Waals surface area contributed by atoms with Crippen LogP contribution in [0.4, 0.5) is 15.9 Å². The van der Waals surface area contributed by atoms with Gasteiger partial charge in [-0.25, -0.2) is 19.0 Å². The number of nitrogens with one attached hydrogen (secondary N) is 1. The van der Waals surface area contributed by atoms with E-state index in [2.05, 4.69) is 20.3 Å². The molecule has 1 saturated heterocycles. The van der Waals surface area contributed by atoms with E-state index in [1.807, 2.05) is 5.38 Å². The molecule has 4 aromatic rings. The van der Waals surface area contributed by atoms with Crippen LogP contribution in [-0.2, 0) is 25.5 Å². The Morgan fingerprint density at radius 2 is 1.95 bits per heavy atom. The van der Waals surface area contributed by atoms with Crippen LogP contribution in [0.3, 0.4) is 0 Å². The molecule has 0 spiro atoms. The number of fused-ring (bicyclic) bond motifs is 1. The van der Waals surface area contributed by atoms with Crippen LogP contribution in [0.5, 0.6) is 0 Å². The number of aliphatic hydroxyl groups excluding tert-OH is 2. The molecular weight excluding hydrogens is 599 g/mol. The molecule has 222 valence electrons. The van der Waals surface area contributed by atoms with Gasteiger partial charge in [0.05, 0.1) is 17.8 Å². The van der Waals surface area contributed by atoms with Crippen molar-refractivity contribution in [2.75, 3.05) is 17.7 Å². The zero-order chi connectivity index (χ0) is 30.2. The van der Waals surface area contributed by atoms with Crippen molar-refractivity contribution in [2.45, 2.75) is 42.9 Å². The summed E-state index contributed by atoms with van der Waals surface area (Å²) in [6.45, 7) is -0.784. The summed E-state index contributed by atoms with van der Waals surface area (Å²) in [4.78, 5) is 36.9. The lowest BCUT2D eigenvalue weighted by molar-refractivity contribution is -0.190. The first-order chi connectivity index (χ1) is 20.0. The molecule has 1 aliphatic heterocycles. The fourth-order valence-corrected chi connectivity index (χ4v) is 5.32. The summed E-state index contributed by atoms with van der Waals surface area (Å²) in [6.07, 6.45) is -7.24. The molecule has 17 heteroatoms. The Hall–Kier alpha value is -3.93. The van der Waals surface area contributed by atoms with Crippen LogP contribution in [0.2, 0.25) is 5.28 Å². The number of carboxylic acids is 2. The third-order valence-electron chi connectivity index (χ3n) is 6.70. The summed E-state index contributed by atoms with van der Waals surface area (Å²) in [6, 6.07) is 9.57. The van der Waals surface area contributed by atoms with Crippen LogP contribution < -0.4 is 11.1 Å². The fraction of sp³-hybridized carbons (Fsp3) is 0.320. The first-order valence-electron chi connectivity index (χ1n) is 12.3. The van der Waals surface area contributed by atoms with Crippen molar-refractivity contribution in [3.63, 3.8) is 0 Å². The lowest BCUT2D eigenvalue weighted by Gasteiger charge is -2.27. The molecule has 5 rings (SSSR count). The number of anilines is 2. The molecule has 4 heterocycles. The Labute approximate surface area is 245 Å². The van der Waals surface area contributed by atoms with Crippen LogP contribution >= 0.6 is 22.9 Å². The van der Waals surface area contributed by atoms with Gasteiger partial charge in [0.2, 0.25) is 5.28 Å². The number of ether oxygens (including phenoxy) is 2. The fourth-order valence-electron chi connectivity index (χ4n) is 4.49. The van der Waals surface area contributed by atoms with E-state index in [0.29, 0.717) is 10.6 Å². The number of aliphatic hydroxyl groups is 2. The van der Waals surface area contributed by atoms with Gasteiger partial charge in [0.15, 0.2) is 30.1 Å². The van der Waals surface area contributed by atoms with Crippen LogP contribution in [0.25, 0.3) is 11.2 Å². The molecule has 0 saturated carbocycles. The molecule has 0 bridgehead atoms. The number of carboxylic acid groups (broad SMARTS) is 2. The van der Waals surface area contributed by atoms with Gasteiger partial charge < -0.3 is 41.0 Å². The largest absolute Gasteiger partial charge is 0.479 e. The summed E-state index contributed by atoms with van der Waals surface area (Å²) >= 11 is 7.21. The van der Waals surface area contributed by atoms with Gasteiger partial charge in [0.25, 0.3) is 5.60 Å². The topological polar surface area (TPSA) is 215 Å². The number of rotatable bonds is 11. The monoisotopic (exact) mass is 622 g/mol. The van der Waals surface area contributed by atoms with Crippen LogP contribution in [0.15, 0.2) is 48.1 Å². The number of nitrogens with two attached hydrogens (primary N) is 1. The number of benzene rings is 1. The number of imidazole rings is 1. The van der Waals surface area contributed by atoms with Gasteiger partial charge in [-0.15, -0.1) is 11.3 Å². The van der Waals surface area contributed by atoms with Gasteiger partial charge >= 0.3 is 11.9 Å². The molecule has 3 aromatic heterocycles. The van der Waals surface area contributed by atoms with E-state index < -0.39 is 61.4 Å². The second-order valence-corrected chi connectivity index (χ2v) is 10.7. The van der Waals surface area contributed by atoms with Crippen LogP contribution in [-0.4, -0.2) is 82.5 Å². The maximum absolute atomic E-state index is 15.2. The average molecular weight is 623 g/mol. The summed E-state index contributed by atoms with van der Waals surface area (Å²) in [5.74, 6) is -3.69. The molecular formula is C25H24ClFN6O8S. The normalized spacial score (nSPS) is 21.4. The zero-order valence-corrected chi connectivity index (χ0v) is 22.9. The van der Waals surface area contributed by atoms with Gasteiger partial charge in [-0.05, 0) is 40.7 Å². The highest BCUT2D eigenvalue weighted by molar-refractivity contribution is 7.10. The maximum Gasteiger partial charge on any atom is 0.348 e. The maximum atomic E-state index is 15.2. The first kappa shape index (κ1) is 29.6. The van der Waals surface area contributed by atoms with Gasteiger partial charge in [-0.3, -0.25) is 4.57 Å². The minimum Gasteiger partial charge on any atom is -0.479 e. The van der Waals surface area contributed by atoms with Gasteiger partial charge in [0.1, 0.15) is 17.7 Å². The highest BCUT2D eigenvalue weighted by Gasteiger charge is 2.52. The Morgan fingerprint density at radius 3 is 2.60 bits per heavy atom. The average Bonchev–Trinajstić information content (AvgIpc) is 3.68. The molecule has 14 nitrogen and oxygen atoms in total. The van der Waals surface area contributed by atoms with Crippen molar-refractivity contribution < 1.29 is 43.9 Å². The van der Waals surface area contributed by atoms with E-state index in [-0.39, 0.29) is 27.8 Å². The summed E-state index contributed by atoms with van der Waals surface area (Å²) in [5, 5.41) is 45.1. The van der Waals surface area contributed by atoms with Crippen molar-refractivity contribution in [2.24, 2.45) is 0 Å². The van der Waals surface area contributed by atoms with Crippen molar-refractivity contribution >= 4 is 57.5 Å². The minimum atomic E-state index is -2.80. The van der Waals surface area contributed by atoms with E-state index in [1.165, 1.54) is 23.5 Å². The number of carbonyl (C=O) groups is 2. The van der Waals surface area contributed by atoms with Crippen molar-refractivity contribution in [3.8, 4) is 0 Å². The number of aliphatic carboxylic acids is 2. The lowest BCUT2D eigenvalue weighted by Crippen LogP contribution is -2.52. The molecule has 1 aromatic carbocycles. The van der Waals surface area contributed by atoms with E-state index in [0.717, 1.165) is 10.9 Å². The second-order valence-electron chi connectivity index (χ2n) is 9.39. The number of alkyl halides is 1. The number of thiophene rings is 1. The highest BCUT2D eigenvalue weighted by atomic mass is 35.5.